The molecule has 0 bridgehead atoms. The van der Waals surface area contributed by atoms with Gasteiger partial charge in [-0.2, -0.15) is 0 Å². The molecule has 2 heterocycles. The molecule has 0 saturated heterocycles. The molecule has 0 amide bonds. The zero-order chi connectivity index (χ0) is 14.1. The van der Waals surface area contributed by atoms with E-state index in [1.54, 1.807) is 6.07 Å². The second-order valence-corrected chi connectivity index (χ2v) is 5.16. The van der Waals surface area contributed by atoms with Crippen LogP contribution in [0.1, 0.15) is 23.6 Å². The molecule has 6 heteroatoms. The van der Waals surface area contributed by atoms with Crippen LogP contribution in [0, 0.1) is 17.6 Å². The van der Waals surface area contributed by atoms with E-state index in [2.05, 4.69) is 10.2 Å². The Balaban J connectivity index is 1.85. The SMILES string of the molecule is OCC1CCc2nnc(Cc3ccc(F)c(F)c3)n2C1. The minimum absolute atomic E-state index is 0.141. The number of nitrogens with zero attached hydrogens (tertiary/aromatic N) is 3. The highest BCUT2D eigenvalue weighted by Gasteiger charge is 2.22. The Bertz CT molecular complexity index is 627. The molecular weight excluding hydrogens is 264 g/mol. The Kier molecular flexibility index (Phi) is 3.48. The lowest BCUT2D eigenvalue weighted by Gasteiger charge is -2.22. The summed E-state index contributed by atoms with van der Waals surface area (Å²) in [7, 11) is 0. The van der Waals surface area contributed by atoms with Crippen LogP contribution in [0.3, 0.4) is 0 Å². The Hall–Kier alpha value is -1.82. The van der Waals surface area contributed by atoms with Crippen molar-refractivity contribution >= 4 is 0 Å². The van der Waals surface area contributed by atoms with Gasteiger partial charge in [-0.1, -0.05) is 6.07 Å². The van der Waals surface area contributed by atoms with Gasteiger partial charge >= 0.3 is 0 Å². The summed E-state index contributed by atoms with van der Waals surface area (Å²) in [5, 5.41) is 17.5. The number of aromatic nitrogens is 3. The summed E-state index contributed by atoms with van der Waals surface area (Å²) in [5.74, 6) is 0.130. The van der Waals surface area contributed by atoms with Crippen LogP contribution in [0.25, 0.3) is 0 Å². The number of aliphatic hydroxyl groups excluding tert-OH is 1. The van der Waals surface area contributed by atoms with Crippen LogP contribution in [-0.2, 0) is 19.4 Å². The van der Waals surface area contributed by atoms with Gasteiger partial charge < -0.3 is 9.67 Å². The third kappa shape index (κ3) is 2.43. The monoisotopic (exact) mass is 279 g/mol. The molecule has 20 heavy (non-hydrogen) atoms. The average Bonchev–Trinajstić information content (AvgIpc) is 2.85. The number of fused-ring (bicyclic) bond motifs is 1. The van der Waals surface area contributed by atoms with E-state index in [1.807, 2.05) is 4.57 Å². The fourth-order valence-corrected chi connectivity index (χ4v) is 2.56. The fraction of sp³-hybridized carbons (Fsp3) is 0.429. The molecule has 1 unspecified atom stereocenters. The van der Waals surface area contributed by atoms with Gasteiger partial charge in [0.15, 0.2) is 11.6 Å². The summed E-state index contributed by atoms with van der Waals surface area (Å²) in [6.07, 6.45) is 2.10. The van der Waals surface area contributed by atoms with Crippen LogP contribution in [-0.4, -0.2) is 26.5 Å². The minimum Gasteiger partial charge on any atom is -0.396 e. The zero-order valence-corrected chi connectivity index (χ0v) is 10.9. The quantitative estimate of drug-likeness (QED) is 0.930. The van der Waals surface area contributed by atoms with E-state index in [0.717, 1.165) is 30.6 Å². The average molecular weight is 279 g/mol. The highest BCUT2D eigenvalue weighted by atomic mass is 19.2. The van der Waals surface area contributed by atoms with Gasteiger partial charge in [-0.05, 0) is 24.1 Å². The van der Waals surface area contributed by atoms with Crippen molar-refractivity contribution in [2.75, 3.05) is 6.61 Å². The van der Waals surface area contributed by atoms with Crippen molar-refractivity contribution < 1.29 is 13.9 Å². The molecule has 1 aliphatic heterocycles. The van der Waals surface area contributed by atoms with Crippen LogP contribution >= 0.6 is 0 Å². The second kappa shape index (κ2) is 5.28. The van der Waals surface area contributed by atoms with Crippen molar-refractivity contribution in [2.24, 2.45) is 5.92 Å². The molecule has 3 rings (SSSR count). The number of halogens is 2. The van der Waals surface area contributed by atoms with Crippen molar-refractivity contribution in [3.8, 4) is 0 Å². The van der Waals surface area contributed by atoms with Crippen molar-refractivity contribution in [3.63, 3.8) is 0 Å². The molecule has 4 nitrogen and oxygen atoms in total. The van der Waals surface area contributed by atoms with E-state index in [9.17, 15) is 13.9 Å². The van der Waals surface area contributed by atoms with Crippen LogP contribution < -0.4 is 0 Å². The first-order valence-corrected chi connectivity index (χ1v) is 6.63. The van der Waals surface area contributed by atoms with E-state index in [1.165, 1.54) is 6.07 Å². The third-order valence-electron chi connectivity index (χ3n) is 3.73. The largest absolute Gasteiger partial charge is 0.396 e. The number of aliphatic hydroxyl groups is 1. The second-order valence-electron chi connectivity index (χ2n) is 5.16. The molecule has 0 spiro atoms. The van der Waals surface area contributed by atoms with E-state index < -0.39 is 11.6 Å². The molecule has 0 fully saturated rings. The maximum atomic E-state index is 13.2. The number of rotatable bonds is 3. The van der Waals surface area contributed by atoms with Gasteiger partial charge in [-0.25, -0.2) is 8.78 Å². The van der Waals surface area contributed by atoms with Crippen molar-refractivity contribution in [1.82, 2.24) is 14.8 Å². The number of aryl methyl sites for hydroxylation is 1. The first kappa shape index (κ1) is 13.2. The Morgan fingerprint density at radius 1 is 1.25 bits per heavy atom. The molecule has 1 aromatic carbocycles. The maximum Gasteiger partial charge on any atom is 0.159 e. The molecule has 106 valence electrons. The standard InChI is InChI=1S/C14H15F2N3O/c15-11-3-1-9(5-12(11)16)6-14-18-17-13-4-2-10(8-20)7-19(13)14/h1,3,5,10,20H,2,4,6-8H2. The lowest BCUT2D eigenvalue weighted by atomic mass is 10.00. The summed E-state index contributed by atoms with van der Waals surface area (Å²) in [6, 6.07) is 3.85. The van der Waals surface area contributed by atoms with Gasteiger partial charge in [0.2, 0.25) is 0 Å². The van der Waals surface area contributed by atoms with E-state index in [0.29, 0.717) is 18.5 Å². The first-order chi connectivity index (χ1) is 9.67. The minimum atomic E-state index is -0.853. The summed E-state index contributed by atoms with van der Waals surface area (Å²) in [5.41, 5.74) is 0.658. The normalized spacial score (nSPS) is 18.1. The van der Waals surface area contributed by atoms with Gasteiger partial charge in [-0.15, -0.1) is 10.2 Å². The highest BCUT2D eigenvalue weighted by Crippen LogP contribution is 2.21. The van der Waals surface area contributed by atoms with Crippen molar-refractivity contribution in [1.29, 1.82) is 0 Å². The lowest BCUT2D eigenvalue weighted by Crippen LogP contribution is -2.24. The van der Waals surface area contributed by atoms with Crippen LogP contribution in [0.4, 0.5) is 8.78 Å². The Morgan fingerprint density at radius 3 is 2.85 bits per heavy atom. The number of hydrogen-bond acceptors (Lipinski definition) is 3. The van der Waals surface area contributed by atoms with Crippen molar-refractivity contribution in [3.05, 3.63) is 47.0 Å². The summed E-state index contributed by atoms with van der Waals surface area (Å²) in [4.78, 5) is 0. The van der Waals surface area contributed by atoms with Crippen molar-refractivity contribution in [2.45, 2.75) is 25.8 Å². The zero-order valence-electron chi connectivity index (χ0n) is 10.9. The molecule has 0 saturated carbocycles. The van der Waals surface area contributed by atoms with Gasteiger partial charge in [0.1, 0.15) is 11.6 Å². The molecule has 1 atom stereocenters. The molecule has 0 radical (unpaired) electrons. The topological polar surface area (TPSA) is 50.9 Å². The summed E-state index contributed by atoms with van der Waals surface area (Å²) >= 11 is 0. The van der Waals surface area contributed by atoms with Crippen LogP contribution in [0.2, 0.25) is 0 Å². The number of hydrogen-bond donors (Lipinski definition) is 1. The third-order valence-corrected chi connectivity index (χ3v) is 3.73. The smallest absolute Gasteiger partial charge is 0.159 e. The Labute approximate surface area is 115 Å². The highest BCUT2D eigenvalue weighted by molar-refractivity contribution is 5.21. The predicted octanol–water partition coefficient (Wildman–Crippen LogP) is 1.70. The molecule has 0 aliphatic carbocycles. The van der Waals surface area contributed by atoms with E-state index >= 15 is 0 Å². The van der Waals surface area contributed by atoms with E-state index in [-0.39, 0.29) is 12.5 Å². The Morgan fingerprint density at radius 2 is 2.10 bits per heavy atom. The van der Waals surface area contributed by atoms with Crippen LogP contribution in [0.5, 0.6) is 0 Å². The molecule has 1 aromatic heterocycles. The van der Waals surface area contributed by atoms with Gasteiger partial charge in [0, 0.05) is 31.9 Å². The molecule has 1 N–H and O–H groups in total. The molecular formula is C14H15F2N3O. The molecule has 2 aromatic rings. The van der Waals surface area contributed by atoms with Gasteiger partial charge in [-0.3, -0.25) is 0 Å². The van der Waals surface area contributed by atoms with E-state index in [4.69, 9.17) is 0 Å². The van der Waals surface area contributed by atoms with Gasteiger partial charge in [0.05, 0.1) is 0 Å². The molecule has 1 aliphatic rings. The predicted molar refractivity (Wildman–Crippen MR) is 68.1 cm³/mol. The first-order valence-electron chi connectivity index (χ1n) is 6.63. The lowest BCUT2D eigenvalue weighted by molar-refractivity contribution is 0.189. The van der Waals surface area contributed by atoms with Gasteiger partial charge in [0.25, 0.3) is 0 Å². The van der Waals surface area contributed by atoms with Crippen LogP contribution in [0.15, 0.2) is 18.2 Å². The summed E-state index contributed by atoms with van der Waals surface area (Å²) < 4.78 is 28.1. The fourth-order valence-electron chi connectivity index (χ4n) is 2.56. The number of benzene rings is 1. The summed E-state index contributed by atoms with van der Waals surface area (Å²) in [6.45, 7) is 0.820. The maximum absolute atomic E-state index is 13.2.